The summed E-state index contributed by atoms with van der Waals surface area (Å²) in [5.74, 6) is -0.348. The van der Waals surface area contributed by atoms with E-state index in [1.807, 2.05) is 0 Å². The number of pyridine rings is 1. The number of alkyl halides is 2. The van der Waals surface area contributed by atoms with Gasteiger partial charge in [0.2, 0.25) is 0 Å². The molecule has 0 saturated heterocycles. The van der Waals surface area contributed by atoms with E-state index in [4.69, 9.17) is 16.9 Å². The summed E-state index contributed by atoms with van der Waals surface area (Å²) < 4.78 is 29.8. The van der Waals surface area contributed by atoms with Gasteiger partial charge in [-0.3, -0.25) is 4.79 Å². The summed E-state index contributed by atoms with van der Waals surface area (Å²) in [5.41, 5.74) is -1.39. The van der Waals surface area contributed by atoms with E-state index in [-0.39, 0.29) is 5.75 Å². The molecule has 0 unspecified atom stereocenters. The average Bonchev–Trinajstić information content (AvgIpc) is 2.26. The van der Waals surface area contributed by atoms with Crippen molar-refractivity contribution in [1.82, 2.24) is 4.98 Å². The number of methoxy groups -OCH3 is 1. The van der Waals surface area contributed by atoms with E-state index in [1.165, 1.54) is 0 Å². The number of ether oxygens (including phenoxy) is 1. The minimum Gasteiger partial charge on any atom is -0.493 e. The van der Waals surface area contributed by atoms with Crippen molar-refractivity contribution in [2.45, 2.75) is 6.43 Å². The molecule has 0 aliphatic rings. The molecule has 7 heteroatoms. The first-order valence-electron chi connectivity index (χ1n) is 3.98. The maximum absolute atomic E-state index is 12.6. The maximum atomic E-state index is 12.6. The largest absolute Gasteiger partial charge is 0.493 e. The summed E-state index contributed by atoms with van der Waals surface area (Å²) in [5, 5.41) is 7.66. The van der Waals surface area contributed by atoms with Crippen LogP contribution in [-0.2, 0) is 0 Å². The number of hydrogen-bond donors (Lipinski definition) is 0. The van der Waals surface area contributed by atoms with Gasteiger partial charge in [-0.1, -0.05) is 0 Å². The first-order chi connectivity index (χ1) is 7.51. The van der Waals surface area contributed by atoms with Gasteiger partial charge in [0.05, 0.1) is 12.7 Å². The predicted octanol–water partition coefficient (Wildman–Crippen LogP) is 2.28. The second-order valence-electron chi connectivity index (χ2n) is 2.66. The Kier molecular flexibility index (Phi) is 3.74. The van der Waals surface area contributed by atoms with Crippen LogP contribution in [0.1, 0.15) is 28.2 Å². The highest BCUT2D eigenvalue weighted by atomic mass is 35.5. The number of rotatable bonds is 3. The van der Waals surface area contributed by atoms with Crippen LogP contribution in [0.5, 0.6) is 5.75 Å². The zero-order valence-corrected chi connectivity index (χ0v) is 8.76. The van der Waals surface area contributed by atoms with Gasteiger partial charge in [0, 0.05) is 0 Å². The van der Waals surface area contributed by atoms with Crippen LogP contribution >= 0.6 is 11.6 Å². The molecule has 0 bridgehead atoms. The third-order valence-electron chi connectivity index (χ3n) is 1.75. The SMILES string of the molecule is COc1c(C(F)F)cc(C(=O)Cl)nc1C#N. The van der Waals surface area contributed by atoms with E-state index in [1.54, 1.807) is 6.07 Å². The number of carbonyl (C=O) groups is 1. The van der Waals surface area contributed by atoms with Crippen molar-refractivity contribution in [2.75, 3.05) is 7.11 Å². The van der Waals surface area contributed by atoms with Crippen molar-refractivity contribution in [2.24, 2.45) is 0 Å². The van der Waals surface area contributed by atoms with Crippen LogP contribution < -0.4 is 4.74 Å². The lowest BCUT2D eigenvalue weighted by atomic mass is 10.1. The highest BCUT2D eigenvalue weighted by Gasteiger charge is 2.21. The topological polar surface area (TPSA) is 63.0 Å². The fourth-order valence-electron chi connectivity index (χ4n) is 1.11. The molecule has 0 radical (unpaired) electrons. The Morgan fingerprint density at radius 3 is 2.69 bits per heavy atom. The molecule has 4 nitrogen and oxygen atoms in total. The van der Waals surface area contributed by atoms with Gasteiger partial charge in [0.1, 0.15) is 11.8 Å². The molecule has 0 aromatic carbocycles. The second-order valence-corrected chi connectivity index (χ2v) is 3.01. The van der Waals surface area contributed by atoms with Crippen molar-refractivity contribution >= 4 is 16.8 Å². The zero-order valence-electron chi connectivity index (χ0n) is 8.00. The Balaban J connectivity index is 3.51. The summed E-state index contributed by atoms with van der Waals surface area (Å²) in [4.78, 5) is 14.3. The highest BCUT2D eigenvalue weighted by molar-refractivity contribution is 6.67. The van der Waals surface area contributed by atoms with Crippen molar-refractivity contribution in [1.29, 1.82) is 5.26 Å². The third-order valence-corrected chi connectivity index (χ3v) is 1.94. The standard InChI is InChI=1S/C9H5ClF2N2O2/c1-16-7-4(9(11)12)2-5(8(10)15)14-6(7)3-13/h2,9H,1H3. The monoisotopic (exact) mass is 246 g/mol. The van der Waals surface area contributed by atoms with E-state index < -0.39 is 28.6 Å². The Morgan fingerprint density at radius 2 is 2.31 bits per heavy atom. The quantitative estimate of drug-likeness (QED) is 0.768. The second kappa shape index (κ2) is 4.86. The smallest absolute Gasteiger partial charge is 0.270 e. The molecule has 0 N–H and O–H groups in total. The Morgan fingerprint density at radius 1 is 1.69 bits per heavy atom. The fourth-order valence-corrected chi connectivity index (χ4v) is 1.20. The molecule has 0 amide bonds. The number of halogens is 3. The molecule has 1 aromatic heterocycles. The molecule has 0 atom stereocenters. The van der Waals surface area contributed by atoms with Crippen LogP contribution in [0.15, 0.2) is 6.07 Å². The summed E-state index contributed by atoms with van der Waals surface area (Å²) in [6.45, 7) is 0. The molecule has 1 aromatic rings. The number of nitrogens with zero attached hydrogens (tertiary/aromatic N) is 2. The van der Waals surface area contributed by atoms with Gasteiger partial charge in [-0.05, 0) is 17.7 Å². The van der Waals surface area contributed by atoms with E-state index >= 15 is 0 Å². The van der Waals surface area contributed by atoms with Crippen LogP contribution in [-0.4, -0.2) is 17.3 Å². The third kappa shape index (κ3) is 2.25. The molecule has 16 heavy (non-hydrogen) atoms. The first kappa shape index (κ1) is 12.3. The van der Waals surface area contributed by atoms with Crippen LogP contribution in [0.25, 0.3) is 0 Å². The summed E-state index contributed by atoms with van der Waals surface area (Å²) >= 11 is 5.11. The number of aromatic nitrogens is 1. The van der Waals surface area contributed by atoms with Crippen LogP contribution in [0.2, 0.25) is 0 Å². The number of carbonyl (C=O) groups excluding carboxylic acids is 1. The number of hydrogen-bond acceptors (Lipinski definition) is 4. The zero-order chi connectivity index (χ0) is 12.3. The van der Waals surface area contributed by atoms with Crippen molar-refractivity contribution in [3.8, 4) is 11.8 Å². The molecular weight excluding hydrogens is 242 g/mol. The molecule has 1 rings (SSSR count). The molecule has 84 valence electrons. The Labute approximate surface area is 94.4 Å². The van der Waals surface area contributed by atoms with Gasteiger partial charge >= 0.3 is 0 Å². The lowest BCUT2D eigenvalue weighted by Gasteiger charge is -2.09. The lowest BCUT2D eigenvalue weighted by molar-refractivity contribution is 0.107. The van der Waals surface area contributed by atoms with Crippen LogP contribution in [0.3, 0.4) is 0 Å². The lowest BCUT2D eigenvalue weighted by Crippen LogP contribution is -2.04. The van der Waals surface area contributed by atoms with E-state index in [2.05, 4.69) is 9.72 Å². The molecule has 0 spiro atoms. The van der Waals surface area contributed by atoms with Crippen molar-refractivity contribution < 1.29 is 18.3 Å². The normalized spacial score (nSPS) is 10.0. The maximum Gasteiger partial charge on any atom is 0.270 e. The molecule has 0 saturated carbocycles. The van der Waals surface area contributed by atoms with Crippen molar-refractivity contribution in [3.05, 3.63) is 23.0 Å². The van der Waals surface area contributed by atoms with Gasteiger partial charge in [0.25, 0.3) is 11.7 Å². The molecule has 0 aliphatic heterocycles. The van der Waals surface area contributed by atoms with Gasteiger partial charge in [-0.25, -0.2) is 13.8 Å². The van der Waals surface area contributed by atoms with Crippen molar-refractivity contribution in [3.63, 3.8) is 0 Å². The fraction of sp³-hybridized carbons (Fsp3) is 0.222. The molecule has 1 heterocycles. The van der Waals surface area contributed by atoms with E-state index in [9.17, 15) is 13.6 Å². The highest BCUT2D eigenvalue weighted by Crippen LogP contribution is 2.31. The summed E-state index contributed by atoms with van der Waals surface area (Å²) in [7, 11) is 1.13. The van der Waals surface area contributed by atoms with Crippen LogP contribution in [0.4, 0.5) is 8.78 Å². The Hall–Kier alpha value is -1.74. The summed E-state index contributed by atoms with van der Waals surface area (Å²) in [6, 6.07) is 2.36. The average molecular weight is 247 g/mol. The first-order valence-corrected chi connectivity index (χ1v) is 4.36. The van der Waals surface area contributed by atoms with Gasteiger partial charge in [-0.15, -0.1) is 0 Å². The summed E-state index contributed by atoms with van der Waals surface area (Å²) in [6.07, 6.45) is -2.89. The Bertz CT molecular complexity index is 471. The van der Waals surface area contributed by atoms with Gasteiger partial charge in [0.15, 0.2) is 11.4 Å². The van der Waals surface area contributed by atoms with Crippen LogP contribution in [0, 0.1) is 11.3 Å². The molecule has 0 fully saturated rings. The number of nitriles is 1. The van der Waals surface area contributed by atoms with E-state index in [0.29, 0.717) is 0 Å². The van der Waals surface area contributed by atoms with Gasteiger partial charge in [-0.2, -0.15) is 5.26 Å². The molecule has 0 aliphatic carbocycles. The minimum absolute atomic E-state index is 0.348. The minimum atomic E-state index is -2.89. The van der Waals surface area contributed by atoms with E-state index in [0.717, 1.165) is 13.2 Å². The predicted molar refractivity (Wildman–Crippen MR) is 50.6 cm³/mol. The van der Waals surface area contributed by atoms with Gasteiger partial charge < -0.3 is 4.74 Å². The molecular formula is C9H5ClF2N2O2.